The summed E-state index contributed by atoms with van der Waals surface area (Å²) in [6.45, 7) is 15.4. The predicted octanol–water partition coefficient (Wildman–Crippen LogP) is 5.92. The van der Waals surface area contributed by atoms with E-state index in [1.807, 2.05) is 0 Å². The molecule has 1 aliphatic rings. The van der Waals surface area contributed by atoms with Crippen LogP contribution >= 0.6 is 0 Å². The first-order chi connectivity index (χ1) is 21.7. The van der Waals surface area contributed by atoms with Crippen molar-refractivity contribution in [3.8, 4) is 11.5 Å². The molecule has 2 aromatic rings. The number of aryl methyl sites for hydroxylation is 2. The van der Waals surface area contributed by atoms with E-state index in [1.54, 1.807) is 86.6 Å². The van der Waals surface area contributed by atoms with Crippen molar-refractivity contribution < 1.29 is 47.7 Å². The van der Waals surface area contributed by atoms with Crippen molar-refractivity contribution in [1.29, 1.82) is 0 Å². The summed E-state index contributed by atoms with van der Waals surface area (Å²) >= 11 is 0. The highest BCUT2D eigenvalue weighted by molar-refractivity contribution is 6.01. The lowest BCUT2D eigenvalue weighted by Crippen LogP contribution is -2.35. The maximum absolute atomic E-state index is 13.6. The van der Waals surface area contributed by atoms with Crippen LogP contribution in [0.25, 0.3) is 0 Å². The second-order valence-corrected chi connectivity index (χ2v) is 14.1. The third-order valence-electron chi connectivity index (χ3n) is 6.28. The summed E-state index contributed by atoms with van der Waals surface area (Å²) in [5.41, 5.74) is -0.310. The number of carbonyl (C=O) groups excluding carboxylic acids is 5. The molecule has 12 nitrogen and oxygen atoms in total. The Balaban J connectivity index is 1.94. The third kappa shape index (κ3) is 11.9. The number of benzene rings is 2. The molecule has 3 rings (SSSR count). The summed E-state index contributed by atoms with van der Waals surface area (Å²) in [5, 5.41) is 5.25. The van der Waals surface area contributed by atoms with Gasteiger partial charge in [0.05, 0.1) is 17.7 Å². The molecule has 2 N–H and O–H groups in total. The van der Waals surface area contributed by atoms with Gasteiger partial charge in [0.1, 0.15) is 23.3 Å². The number of ether oxygens (including phenoxy) is 5. The molecule has 0 saturated carbocycles. The Morgan fingerprint density at radius 1 is 0.830 bits per heavy atom. The minimum Gasteiger partial charge on any atom is -0.489 e. The largest absolute Gasteiger partial charge is 0.489 e. The number of amides is 2. The number of esters is 3. The SMILES string of the molecule is CC(C)(C)OC(=O)CCc1ccc2c(c1C(=O)NCC(=O)OC(C)(C)C)OCCCc1cc(NC(=O)OC(C)(C)C)ccc1C(=O)O2. The molecule has 0 atom stereocenters. The van der Waals surface area contributed by atoms with Crippen molar-refractivity contribution in [2.45, 2.75) is 105 Å². The molecule has 0 fully saturated rings. The highest BCUT2D eigenvalue weighted by Gasteiger charge is 2.28. The van der Waals surface area contributed by atoms with E-state index in [0.29, 0.717) is 29.7 Å². The van der Waals surface area contributed by atoms with Gasteiger partial charge in [0, 0.05) is 12.1 Å². The number of anilines is 1. The van der Waals surface area contributed by atoms with Crippen LogP contribution in [0.2, 0.25) is 0 Å². The molecule has 0 radical (unpaired) electrons. The van der Waals surface area contributed by atoms with Crippen LogP contribution in [0.5, 0.6) is 11.5 Å². The first-order valence-corrected chi connectivity index (χ1v) is 15.6. The molecule has 47 heavy (non-hydrogen) atoms. The van der Waals surface area contributed by atoms with Gasteiger partial charge in [-0.15, -0.1) is 0 Å². The number of fused-ring (bicyclic) bond motifs is 2. The Morgan fingerprint density at radius 2 is 1.47 bits per heavy atom. The molecule has 1 heterocycles. The molecular weight excluding hydrogens is 608 g/mol. The van der Waals surface area contributed by atoms with E-state index in [4.69, 9.17) is 23.7 Å². The molecule has 0 unspecified atom stereocenters. The lowest BCUT2D eigenvalue weighted by molar-refractivity contribution is -0.155. The summed E-state index contributed by atoms with van der Waals surface area (Å²) < 4.78 is 27.9. The maximum atomic E-state index is 13.6. The van der Waals surface area contributed by atoms with E-state index in [1.165, 1.54) is 6.07 Å². The smallest absolute Gasteiger partial charge is 0.412 e. The molecule has 256 valence electrons. The summed E-state index contributed by atoms with van der Waals surface area (Å²) in [6, 6.07) is 7.88. The quantitative estimate of drug-likeness (QED) is 0.209. The summed E-state index contributed by atoms with van der Waals surface area (Å²) in [4.78, 5) is 64.3. The Kier molecular flexibility index (Phi) is 11.7. The number of carbonyl (C=O) groups is 5. The van der Waals surface area contributed by atoms with Crippen LogP contribution in [0.15, 0.2) is 30.3 Å². The van der Waals surface area contributed by atoms with Crippen molar-refractivity contribution in [1.82, 2.24) is 5.32 Å². The first-order valence-electron chi connectivity index (χ1n) is 15.6. The average Bonchev–Trinajstić information content (AvgIpc) is 2.90. The Hall–Kier alpha value is -4.61. The summed E-state index contributed by atoms with van der Waals surface area (Å²) in [7, 11) is 0. The molecule has 0 saturated heterocycles. The van der Waals surface area contributed by atoms with Crippen molar-refractivity contribution in [2.75, 3.05) is 18.5 Å². The number of hydrogen-bond acceptors (Lipinski definition) is 10. The van der Waals surface area contributed by atoms with Crippen LogP contribution in [0, 0.1) is 0 Å². The van der Waals surface area contributed by atoms with E-state index >= 15 is 0 Å². The van der Waals surface area contributed by atoms with Crippen molar-refractivity contribution in [3.63, 3.8) is 0 Å². The Labute approximate surface area is 275 Å². The summed E-state index contributed by atoms with van der Waals surface area (Å²) in [6.07, 6.45) is 0.288. The lowest BCUT2D eigenvalue weighted by Gasteiger charge is -2.22. The fraction of sp³-hybridized carbons (Fsp3) is 0.514. The zero-order chi connectivity index (χ0) is 35.2. The molecule has 12 heteroatoms. The molecule has 0 aromatic heterocycles. The average molecular weight is 655 g/mol. The normalized spacial score (nSPS) is 13.5. The van der Waals surface area contributed by atoms with Gasteiger partial charge in [-0.3, -0.25) is 19.7 Å². The van der Waals surface area contributed by atoms with Gasteiger partial charge in [-0.05, 0) is 117 Å². The topological polar surface area (TPSA) is 156 Å². The van der Waals surface area contributed by atoms with Crippen LogP contribution in [0.4, 0.5) is 10.5 Å². The molecule has 0 bridgehead atoms. The van der Waals surface area contributed by atoms with Crippen LogP contribution in [0.3, 0.4) is 0 Å². The van der Waals surface area contributed by atoms with E-state index in [9.17, 15) is 24.0 Å². The predicted molar refractivity (Wildman–Crippen MR) is 174 cm³/mol. The highest BCUT2D eigenvalue weighted by atomic mass is 16.6. The lowest BCUT2D eigenvalue weighted by atomic mass is 9.99. The minimum atomic E-state index is -0.751. The van der Waals surface area contributed by atoms with Crippen molar-refractivity contribution in [2.24, 2.45) is 0 Å². The number of hydrogen-bond donors (Lipinski definition) is 2. The molecule has 0 aliphatic carbocycles. The van der Waals surface area contributed by atoms with Gasteiger partial charge in [-0.2, -0.15) is 0 Å². The van der Waals surface area contributed by atoms with Gasteiger partial charge in [0.15, 0.2) is 11.5 Å². The van der Waals surface area contributed by atoms with Gasteiger partial charge < -0.3 is 29.0 Å². The van der Waals surface area contributed by atoms with Crippen LogP contribution < -0.4 is 20.1 Å². The summed E-state index contributed by atoms with van der Waals surface area (Å²) in [5.74, 6) is -2.47. The van der Waals surface area contributed by atoms with Crippen LogP contribution in [0.1, 0.15) is 107 Å². The van der Waals surface area contributed by atoms with E-state index in [2.05, 4.69) is 10.6 Å². The Morgan fingerprint density at radius 3 is 2.11 bits per heavy atom. The second-order valence-electron chi connectivity index (χ2n) is 14.1. The fourth-order valence-corrected chi connectivity index (χ4v) is 4.62. The van der Waals surface area contributed by atoms with Gasteiger partial charge in [-0.25, -0.2) is 9.59 Å². The van der Waals surface area contributed by atoms with Gasteiger partial charge >= 0.3 is 24.0 Å². The van der Waals surface area contributed by atoms with Crippen molar-refractivity contribution in [3.05, 3.63) is 52.6 Å². The second kappa shape index (κ2) is 14.9. The molecule has 1 aliphatic heterocycles. The molecule has 2 amide bonds. The standard InChI is InChI=1S/C35H46N2O10/c1-33(2,3)45-26(38)17-13-21-12-16-25-29(28(21)30(40)36-20-27(39)46-34(4,5)6)43-18-10-11-22-19-23(14-15-24(22)31(41)44-25)37-32(42)47-35(7,8)9/h12,14-16,19H,10-11,13,17-18,20H2,1-9H3,(H,36,40)(H,37,42). The van der Waals surface area contributed by atoms with Gasteiger partial charge in [0.2, 0.25) is 0 Å². The zero-order valence-electron chi connectivity index (χ0n) is 28.7. The Bertz CT molecular complexity index is 1510. The number of nitrogens with one attached hydrogen (secondary N) is 2. The third-order valence-corrected chi connectivity index (χ3v) is 6.28. The highest BCUT2D eigenvalue weighted by Crippen LogP contribution is 2.36. The first kappa shape index (κ1) is 36.9. The van der Waals surface area contributed by atoms with E-state index < -0.39 is 53.3 Å². The number of rotatable bonds is 7. The van der Waals surface area contributed by atoms with E-state index in [-0.39, 0.29) is 42.1 Å². The minimum absolute atomic E-state index is 0.00777. The molecule has 2 aromatic carbocycles. The van der Waals surface area contributed by atoms with E-state index in [0.717, 1.165) is 0 Å². The van der Waals surface area contributed by atoms with Crippen LogP contribution in [-0.2, 0) is 36.6 Å². The van der Waals surface area contributed by atoms with Gasteiger partial charge in [0.25, 0.3) is 5.91 Å². The monoisotopic (exact) mass is 654 g/mol. The molecular formula is C35H46N2O10. The zero-order valence-corrected chi connectivity index (χ0v) is 28.7. The van der Waals surface area contributed by atoms with Gasteiger partial charge in [-0.1, -0.05) is 6.07 Å². The van der Waals surface area contributed by atoms with Crippen LogP contribution in [-0.4, -0.2) is 59.9 Å². The van der Waals surface area contributed by atoms with Crippen molar-refractivity contribution >= 4 is 35.6 Å². The molecule has 0 spiro atoms. The fourth-order valence-electron chi connectivity index (χ4n) is 4.62. The maximum Gasteiger partial charge on any atom is 0.412 e.